The zero-order valence-corrected chi connectivity index (χ0v) is 13.4. The van der Waals surface area contributed by atoms with Crippen LogP contribution in [0.2, 0.25) is 0 Å². The predicted molar refractivity (Wildman–Crippen MR) is 79.6 cm³/mol. The molecule has 1 atom stereocenters. The average Bonchev–Trinajstić information content (AvgIpc) is 2.75. The third-order valence-corrected chi connectivity index (χ3v) is 3.30. The molecule has 1 unspecified atom stereocenters. The van der Waals surface area contributed by atoms with E-state index < -0.39 is 0 Å². The van der Waals surface area contributed by atoms with Gasteiger partial charge in [0.25, 0.3) is 5.91 Å². The first kappa shape index (κ1) is 16.7. The van der Waals surface area contributed by atoms with E-state index in [1.807, 2.05) is 41.5 Å². The van der Waals surface area contributed by atoms with Crippen LogP contribution >= 0.6 is 0 Å². The molecule has 0 aliphatic carbocycles. The molecule has 1 heterocycles. The Labute approximate surface area is 121 Å². The molecule has 5 heteroatoms. The number of aromatic nitrogens is 2. The lowest BCUT2D eigenvalue weighted by Gasteiger charge is -2.31. The summed E-state index contributed by atoms with van der Waals surface area (Å²) < 4.78 is 1.78. The van der Waals surface area contributed by atoms with Gasteiger partial charge in [-0.05, 0) is 32.6 Å². The maximum atomic E-state index is 12.3. The molecule has 0 aliphatic rings. The largest absolute Gasteiger partial charge is 0.396 e. The van der Waals surface area contributed by atoms with Gasteiger partial charge in [0.15, 0.2) is 0 Å². The van der Waals surface area contributed by atoms with Gasteiger partial charge < -0.3 is 10.4 Å². The summed E-state index contributed by atoms with van der Waals surface area (Å²) in [6.45, 7) is 12.3. The molecule has 114 valence electrons. The molecule has 1 aromatic rings. The van der Waals surface area contributed by atoms with Crippen LogP contribution in [0, 0.1) is 5.41 Å². The Balaban J connectivity index is 2.82. The van der Waals surface area contributed by atoms with Crippen LogP contribution in [0.15, 0.2) is 12.4 Å². The zero-order valence-electron chi connectivity index (χ0n) is 13.4. The summed E-state index contributed by atoms with van der Waals surface area (Å²) in [6, 6.07) is -0.0713. The second kappa shape index (κ2) is 5.95. The predicted octanol–water partition coefficient (Wildman–Crippen LogP) is 2.17. The molecule has 0 radical (unpaired) electrons. The number of hydrogen-bond donors (Lipinski definition) is 2. The van der Waals surface area contributed by atoms with Crippen molar-refractivity contribution in [3.05, 3.63) is 18.0 Å². The SMILES string of the molecule is CC(C)(C)C(CCO)NC(=O)c1cnn(C(C)(C)C)c1. The molecule has 0 saturated heterocycles. The second-order valence-corrected chi connectivity index (χ2v) is 7.25. The molecule has 20 heavy (non-hydrogen) atoms. The van der Waals surface area contributed by atoms with E-state index >= 15 is 0 Å². The highest BCUT2D eigenvalue weighted by Gasteiger charge is 2.26. The van der Waals surface area contributed by atoms with E-state index in [0.29, 0.717) is 12.0 Å². The van der Waals surface area contributed by atoms with Crippen molar-refractivity contribution in [1.29, 1.82) is 0 Å². The van der Waals surface area contributed by atoms with Crippen molar-refractivity contribution < 1.29 is 9.90 Å². The highest BCUT2D eigenvalue weighted by atomic mass is 16.3. The number of nitrogens with zero attached hydrogens (tertiary/aromatic N) is 2. The van der Waals surface area contributed by atoms with Crippen LogP contribution in [0.5, 0.6) is 0 Å². The van der Waals surface area contributed by atoms with Crippen LogP contribution < -0.4 is 5.32 Å². The minimum Gasteiger partial charge on any atom is -0.396 e. The summed E-state index contributed by atoms with van der Waals surface area (Å²) in [5, 5.41) is 16.3. The molecule has 0 spiro atoms. The topological polar surface area (TPSA) is 67.2 Å². The Kier molecular flexibility index (Phi) is 4.97. The van der Waals surface area contributed by atoms with Crippen molar-refractivity contribution >= 4 is 5.91 Å². The monoisotopic (exact) mass is 281 g/mol. The van der Waals surface area contributed by atoms with E-state index in [9.17, 15) is 4.79 Å². The number of aliphatic hydroxyl groups is 1. The van der Waals surface area contributed by atoms with Crippen LogP contribution in [-0.2, 0) is 5.54 Å². The van der Waals surface area contributed by atoms with Crippen molar-refractivity contribution in [3.8, 4) is 0 Å². The lowest BCUT2D eigenvalue weighted by Crippen LogP contribution is -2.44. The maximum Gasteiger partial charge on any atom is 0.254 e. The average molecular weight is 281 g/mol. The number of rotatable bonds is 4. The molecule has 0 bridgehead atoms. The Morgan fingerprint density at radius 1 is 1.35 bits per heavy atom. The first-order valence-corrected chi connectivity index (χ1v) is 7.02. The first-order chi connectivity index (χ1) is 9.05. The fourth-order valence-electron chi connectivity index (χ4n) is 1.90. The lowest BCUT2D eigenvalue weighted by molar-refractivity contribution is 0.0885. The number of hydrogen-bond acceptors (Lipinski definition) is 3. The van der Waals surface area contributed by atoms with Crippen molar-refractivity contribution in [1.82, 2.24) is 15.1 Å². The summed E-state index contributed by atoms with van der Waals surface area (Å²) in [7, 11) is 0. The molecule has 1 rings (SSSR count). The van der Waals surface area contributed by atoms with Gasteiger partial charge in [0.05, 0.1) is 17.3 Å². The molecule has 1 aromatic heterocycles. The molecular formula is C15H27N3O2. The normalized spacial score (nSPS) is 14.2. The Morgan fingerprint density at radius 3 is 2.35 bits per heavy atom. The number of carbonyl (C=O) groups excluding carboxylic acids is 1. The summed E-state index contributed by atoms with van der Waals surface area (Å²) >= 11 is 0. The lowest BCUT2D eigenvalue weighted by atomic mass is 9.85. The number of nitrogens with one attached hydrogen (secondary N) is 1. The second-order valence-electron chi connectivity index (χ2n) is 7.25. The van der Waals surface area contributed by atoms with E-state index in [4.69, 9.17) is 5.11 Å². The van der Waals surface area contributed by atoms with Crippen LogP contribution in [0.4, 0.5) is 0 Å². The number of aliphatic hydroxyl groups excluding tert-OH is 1. The van der Waals surface area contributed by atoms with Crippen LogP contribution in [-0.4, -0.2) is 33.4 Å². The number of amides is 1. The van der Waals surface area contributed by atoms with Crippen molar-refractivity contribution in [2.45, 2.75) is 59.5 Å². The molecule has 0 saturated carbocycles. The standard InChI is InChI=1S/C15H27N3O2/c1-14(2,3)12(7-8-19)17-13(20)11-9-16-18(10-11)15(4,5)6/h9-10,12,19H,7-8H2,1-6H3,(H,17,20). The molecule has 0 aromatic carbocycles. The van der Waals surface area contributed by atoms with E-state index in [-0.39, 0.29) is 29.5 Å². The van der Waals surface area contributed by atoms with Gasteiger partial charge in [0.2, 0.25) is 0 Å². The minimum atomic E-state index is -0.146. The number of carbonyl (C=O) groups is 1. The highest BCUT2D eigenvalue weighted by Crippen LogP contribution is 2.22. The fourth-order valence-corrected chi connectivity index (χ4v) is 1.90. The van der Waals surface area contributed by atoms with Crippen LogP contribution in [0.1, 0.15) is 58.3 Å². The Morgan fingerprint density at radius 2 is 1.95 bits per heavy atom. The Hall–Kier alpha value is -1.36. The zero-order chi connectivity index (χ0) is 15.6. The first-order valence-electron chi connectivity index (χ1n) is 7.02. The van der Waals surface area contributed by atoms with Gasteiger partial charge >= 0.3 is 0 Å². The third kappa shape index (κ3) is 4.34. The van der Waals surface area contributed by atoms with E-state index in [1.165, 1.54) is 0 Å². The van der Waals surface area contributed by atoms with Gasteiger partial charge in [-0.1, -0.05) is 20.8 Å². The van der Waals surface area contributed by atoms with Crippen LogP contribution in [0.25, 0.3) is 0 Å². The molecule has 2 N–H and O–H groups in total. The van der Waals surface area contributed by atoms with E-state index in [2.05, 4.69) is 10.4 Å². The van der Waals surface area contributed by atoms with Crippen molar-refractivity contribution in [3.63, 3.8) is 0 Å². The fraction of sp³-hybridized carbons (Fsp3) is 0.733. The highest BCUT2D eigenvalue weighted by molar-refractivity contribution is 5.93. The molecule has 5 nitrogen and oxygen atoms in total. The van der Waals surface area contributed by atoms with Gasteiger partial charge in [-0.25, -0.2) is 0 Å². The quantitative estimate of drug-likeness (QED) is 0.888. The van der Waals surface area contributed by atoms with Gasteiger partial charge in [-0.2, -0.15) is 5.10 Å². The van der Waals surface area contributed by atoms with Crippen LogP contribution in [0.3, 0.4) is 0 Å². The molecular weight excluding hydrogens is 254 g/mol. The minimum absolute atomic E-state index is 0.0590. The van der Waals surface area contributed by atoms with E-state index in [1.54, 1.807) is 17.1 Å². The summed E-state index contributed by atoms with van der Waals surface area (Å²) in [6.07, 6.45) is 3.88. The smallest absolute Gasteiger partial charge is 0.254 e. The maximum absolute atomic E-state index is 12.3. The van der Waals surface area contributed by atoms with Gasteiger partial charge in [0.1, 0.15) is 0 Å². The van der Waals surface area contributed by atoms with Gasteiger partial charge in [-0.3, -0.25) is 9.48 Å². The molecule has 1 amide bonds. The summed E-state index contributed by atoms with van der Waals surface area (Å²) in [5.41, 5.74) is 0.304. The van der Waals surface area contributed by atoms with Crippen molar-refractivity contribution in [2.24, 2.45) is 5.41 Å². The summed E-state index contributed by atoms with van der Waals surface area (Å²) in [5.74, 6) is -0.145. The molecule has 0 aliphatic heterocycles. The Bertz CT molecular complexity index is 452. The van der Waals surface area contributed by atoms with Gasteiger partial charge in [0, 0.05) is 18.8 Å². The summed E-state index contributed by atoms with van der Waals surface area (Å²) in [4.78, 5) is 12.3. The molecule has 0 fully saturated rings. The van der Waals surface area contributed by atoms with Gasteiger partial charge in [-0.15, -0.1) is 0 Å². The third-order valence-electron chi connectivity index (χ3n) is 3.30. The van der Waals surface area contributed by atoms with E-state index in [0.717, 1.165) is 0 Å². The van der Waals surface area contributed by atoms with Crippen molar-refractivity contribution in [2.75, 3.05) is 6.61 Å².